The van der Waals surface area contributed by atoms with E-state index in [1.165, 1.54) is 11.1 Å². The molecule has 0 amide bonds. The van der Waals surface area contributed by atoms with Crippen molar-refractivity contribution in [3.8, 4) is 0 Å². The van der Waals surface area contributed by atoms with Gasteiger partial charge in [-0.2, -0.15) is 0 Å². The maximum Gasteiger partial charge on any atom is 0.0730 e. The van der Waals surface area contributed by atoms with Gasteiger partial charge in [0.2, 0.25) is 0 Å². The van der Waals surface area contributed by atoms with E-state index in [1.54, 1.807) is 0 Å². The first-order valence-electron chi connectivity index (χ1n) is 6.31. The van der Waals surface area contributed by atoms with E-state index in [4.69, 9.17) is 11.6 Å². The molecular formula is C15H24ClN. The fourth-order valence-corrected chi connectivity index (χ4v) is 2.62. The summed E-state index contributed by atoms with van der Waals surface area (Å²) in [5.74, 6) is 0.422. The van der Waals surface area contributed by atoms with Crippen LogP contribution in [0.15, 0.2) is 24.3 Å². The van der Waals surface area contributed by atoms with Gasteiger partial charge < -0.3 is 4.90 Å². The minimum Gasteiger partial charge on any atom is -0.309 e. The van der Waals surface area contributed by atoms with Crippen LogP contribution >= 0.6 is 11.6 Å². The van der Waals surface area contributed by atoms with E-state index >= 15 is 0 Å². The fraction of sp³-hybridized carbons (Fsp3) is 0.600. The van der Waals surface area contributed by atoms with Gasteiger partial charge in [-0.3, -0.25) is 0 Å². The summed E-state index contributed by atoms with van der Waals surface area (Å²) < 4.78 is 0. The summed E-state index contributed by atoms with van der Waals surface area (Å²) in [6.07, 6.45) is 0.951. The van der Waals surface area contributed by atoms with Crippen molar-refractivity contribution in [2.45, 2.75) is 32.1 Å². The van der Waals surface area contributed by atoms with Crippen molar-refractivity contribution in [2.75, 3.05) is 20.6 Å². The van der Waals surface area contributed by atoms with Gasteiger partial charge in [0, 0.05) is 6.54 Å². The van der Waals surface area contributed by atoms with E-state index in [1.807, 2.05) is 0 Å². The van der Waals surface area contributed by atoms with Gasteiger partial charge >= 0.3 is 0 Å². The number of alkyl halides is 1. The van der Waals surface area contributed by atoms with Gasteiger partial charge in [-0.15, -0.1) is 11.6 Å². The van der Waals surface area contributed by atoms with Gasteiger partial charge in [-0.25, -0.2) is 0 Å². The summed E-state index contributed by atoms with van der Waals surface area (Å²) in [5, 5.41) is 0. The standard InChI is InChI=1S/C15H24ClN/c1-6-15(16,13(3)11-17(4)5)14-9-7-8-12(2)10-14/h7-10,13H,6,11H2,1-5H3/t13-,15?/m0/s1. The first-order valence-corrected chi connectivity index (χ1v) is 6.68. The molecule has 1 aromatic carbocycles. The molecule has 0 aliphatic carbocycles. The molecule has 1 nitrogen and oxygen atoms in total. The maximum atomic E-state index is 6.89. The predicted molar refractivity (Wildman–Crippen MR) is 76.7 cm³/mol. The normalized spacial score (nSPS) is 16.9. The smallest absolute Gasteiger partial charge is 0.0730 e. The lowest BCUT2D eigenvalue weighted by Crippen LogP contribution is -2.34. The highest BCUT2D eigenvalue weighted by molar-refractivity contribution is 6.24. The topological polar surface area (TPSA) is 3.24 Å². The molecule has 1 rings (SSSR count). The van der Waals surface area contributed by atoms with Gasteiger partial charge in [0.25, 0.3) is 0 Å². The van der Waals surface area contributed by atoms with Crippen LogP contribution in [-0.2, 0) is 4.87 Å². The van der Waals surface area contributed by atoms with Crippen LogP contribution in [0.5, 0.6) is 0 Å². The van der Waals surface area contributed by atoms with E-state index in [0.29, 0.717) is 5.92 Å². The Labute approximate surface area is 111 Å². The van der Waals surface area contributed by atoms with Crippen molar-refractivity contribution in [3.63, 3.8) is 0 Å². The highest BCUT2D eigenvalue weighted by Gasteiger charge is 2.34. The lowest BCUT2D eigenvalue weighted by molar-refractivity contribution is 0.278. The molecule has 0 aliphatic heterocycles. The van der Waals surface area contributed by atoms with Crippen molar-refractivity contribution >= 4 is 11.6 Å². The minimum absolute atomic E-state index is 0.254. The lowest BCUT2D eigenvalue weighted by Gasteiger charge is -2.34. The lowest BCUT2D eigenvalue weighted by atomic mass is 9.83. The summed E-state index contributed by atoms with van der Waals surface area (Å²) >= 11 is 6.89. The molecule has 2 atom stereocenters. The molecule has 1 unspecified atom stereocenters. The van der Waals surface area contributed by atoms with Crippen LogP contribution in [-0.4, -0.2) is 25.5 Å². The van der Waals surface area contributed by atoms with Gasteiger partial charge in [0.15, 0.2) is 0 Å². The Morgan fingerprint density at radius 3 is 2.47 bits per heavy atom. The zero-order valence-electron chi connectivity index (χ0n) is 11.6. The Kier molecular flexibility index (Phi) is 5.03. The molecule has 0 bridgehead atoms. The summed E-state index contributed by atoms with van der Waals surface area (Å²) in [7, 11) is 4.19. The maximum absolute atomic E-state index is 6.89. The van der Waals surface area contributed by atoms with Crippen molar-refractivity contribution < 1.29 is 0 Å². The van der Waals surface area contributed by atoms with Crippen molar-refractivity contribution in [3.05, 3.63) is 35.4 Å². The third-order valence-corrected chi connectivity index (χ3v) is 4.29. The van der Waals surface area contributed by atoms with Crippen molar-refractivity contribution in [2.24, 2.45) is 5.92 Å². The monoisotopic (exact) mass is 253 g/mol. The number of nitrogens with zero attached hydrogens (tertiary/aromatic N) is 1. The van der Waals surface area contributed by atoms with E-state index in [2.05, 4.69) is 64.0 Å². The Bertz CT molecular complexity index is 362. The number of rotatable bonds is 5. The molecule has 0 aromatic heterocycles. The Morgan fingerprint density at radius 1 is 1.35 bits per heavy atom. The second kappa shape index (κ2) is 5.88. The van der Waals surface area contributed by atoms with E-state index in [-0.39, 0.29) is 4.87 Å². The summed E-state index contributed by atoms with van der Waals surface area (Å²) in [6, 6.07) is 8.57. The van der Waals surface area contributed by atoms with Gasteiger partial charge in [-0.1, -0.05) is 43.7 Å². The number of benzene rings is 1. The molecule has 0 spiro atoms. The summed E-state index contributed by atoms with van der Waals surface area (Å²) in [5.41, 5.74) is 2.52. The quantitative estimate of drug-likeness (QED) is 0.716. The number of aryl methyl sites for hydroxylation is 1. The SMILES string of the molecule is CCC(Cl)(c1cccc(C)c1)[C@@H](C)CN(C)C. The number of hydrogen-bond donors (Lipinski definition) is 0. The van der Waals surface area contributed by atoms with E-state index in [9.17, 15) is 0 Å². The first kappa shape index (κ1) is 14.5. The third-order valence-electron chi connectivity index (χ3n) is 3.43. The van der Waals surface area contributed by atoms with Crippen molar-refractivity contribution in [1.82, 2.24) is 4.90 Å². The van der Waals surface area contributed by atoms with Crippen LogP contribution in [0.25, 0.3) is 0 Å². The third kappa shape index (κ3) is 3.46. The van der Waals surface area contributed by atoms with Crippen LogP contribution in [0.2, 0.25) is 0 Å². The minimum atomic E-state index is -0.254. The first-order chi connectivity index (χ1) is 7.90. The predicted octanol–water partition coefficient (Wildman–Crippen LogP) is 4.04. The highest BCUT2D eigenvalue weighted by atomic mass is 35.5. The molecule has 2 heteroatoms. The molecule has 0 fully saturated rings. The van der Waals surface area contributed by atoms with E-state index in [0.717, 1.165) is 13.0 Å². The largest absolute Gasteiger partial charge is 0.309 e. The zero-order valence-corrected chi connectivity index (χ0v) is 12.4. The van der Waals surface area contributed by atoms with Crippen LogP contribution in [0, 0.1) is 12.8 Å². The average Bonchev–Trinajstić information content (AvgIpc) is 2.27. The molecule has 0 saturated heterocycles. The van der Waals surface area contributed by atoms with Crippen molar-refractivity contribution in [1.29, 1.82) is 0 Å². The number of halogens is 1. The average molecular weight is 254 g/mol. The summed E-state index contributed by atoms with van der Waals surface area (Å²) in [4.78, 5) is 1.95. The fourth-order valence-electron chi connectivity index (χ4n) is 2.43. The van der Waals surface area contributed by atoms with Crippen LogP contribution < -0.4 is 0 Å². The molecule has 1 aromatic rings. The molecule has 0 saturated carbocycles. The molecule has 0 heterocycles. The molecule has 0 N–H and O–H groups in total. The molecular weight excluding hydrogens is 230 g/mol. The van der Waals surface area contributed by atoms with Crippen LogP contribution in [0.1, 0.15) is 31.4 Å². The Balaban J connectivity index is 3.02. The van der Waals surface area contributed by atoms with Gasteiger partial charge in [0.05, 0.1) is 4.87 Å². The van der Waals surface area contributed by atoms with Crippen LogP contribution in [0.3, 0.4) is 0 Å². The van der Waals surface area contributed by atoms with Crippen LogP contribution in [0.4, 0.5) is 0 Å². The second-order valence-corrected chi connectivity index (χ2v) is 5.92. The van der Waals surface area contributed by atoms with Gasteiger partial charge in [0.1, 0.15) is 0 Å². The molecule has 96 valence electrons. The Hall–Kier alpha value is -0.530. The Morgan fingerprint density at radius 2 is 2.00 bits per heavy atom. The zero-order chi connectivity index (χ0) is 13.1. The van der Waals surface area contributed by atoms with Gasteiger partial charge in [-0.05, 0) is 38.9 Å². The molecule has 0 radical (unpaired) electrons. The second-order valence-electron chi connectivity index (χ2n) is 5.25. The number of hydrogen-bond acceptors (Lipinski definition) is 1. The highest BCUT2D eigenvalue weighted by Crippen LogP contribution is 2.40. The molecule has 0 aliphatic rings. The summed E-state index contributed by atoms with van der Waals surface area (Å²) in [6.45, 7) is 7.53. The van der Waals surface area contributed by atoms with E-state index < -0.39 is 0 Å². The molecule has 17 heavy (non-hydrogen) atoms.